The van der Waals surface area contributed by atoms with E-state index in [1.165, 1.54) is 6.42 Å². The summed E-state index contributed by atoms with van der Waals surface area (Å²) in [4.78, 5) is 11.7. The summed E-state index contributed by atoms with van der Waals surface area (Å²) in [6.45, 7) is 0.699. The van der Waals surface area contributed by atoms with Crippen LogP contribution in [0.3, 0.4) is 0 Å². The lowest BCUT2D eigenvalue weighted by molar-refractivity contribution is -0.157. The number of rotatable bonds is 3. The normalized spacial score (nSPS) is 25.9. The highest BCUT2D eigenvalue weighted by Crippen LogP contribution is 2.47. The predicted octanol–water partition coefficient (Wildman–Crippen LogP) is 3.97. The maximum absolute atomic E-state index is 11.7. The van der Waals surface area contributed by atoms with E-state index in [1.807, 2.05) is 24.3 Å². The van der Waals surface area contributed by atoms with Gasteiger partial charge in [-0.1, -0.05) is 28.1 Å². The number of carbonyl (C=O) groups is 1. The molecule has 20 heavy (non-hydrogen) atoms. The van der Waals surface area contributed by atoms with E-state index in [0.717, 1.165) is 35.7 Å². The van der Waals surface area contributed by atoms with Crippen LogP contribution in [0.25, 0.3) is 0 Å². The maximum Gasteiger partial charge on any atom is 0.311 e. The van der Waals surface area contributed by atoms with Crippen LogP contribution in [-0.2, 0) is 9.53 Å². The molecule has 0 bridgehead atoms. The third kappa shape index (κ3) is 2.63. The molecule has 1 aromatic rings. The smallest absolute Gasteiger partial charge is 0.311 e. The van der Waals surface area contributed by atoms with Gasteiger partial charge in [0.1, 0.15) is 0 Å². The first-order valence-corrected chi connectivity index (χ1v) is 8.01. The lowest BCUT2D eigenvalue weighted by atomic mass is 9.68. The van der Waals surface area contributed by atoms with Crippen LogP contribution >= 0.6 is 15.9 Å². The van der Waals surface area contributed by atoms with Gasteiger partial charge in [-0.05, 0) is 55.7 Å². The zero-order valence-corrected chi connectivity index (χ0v) is 12.9. The average Bonchev–Trinajstić information content (AvgIpc) is 2.39. The molecule has 1 heterocycles. The molecule has 1 spiro atoms. The Morgan fingerprint density at radius 3 is 2.60 bits per heavy atom. The van der Waals surface area contributed by atoms with Gasteiger partial charge in [0.05, 0.1) is 11.5 Å². The molecule has 2 aliphatic rings. The number of hydrogen-bond acceptors (Lipinski definition) is 2. The fraction of sp³-hybridized carbons (Fsp3) is 0.562. The highest BCUT2D eigenvalue weighted by atomic mass is 79.9. The van der Waals surface area contributed by atoms with Gasteiger partial charge in [0.25, 0.3) is 0 Å². The molecule has 1 aliphatic carbocycles. The largest absolute Gasteiger partial charge is 0.481 e. The molecule has 4 heteroatoms. The molecule has 1 N–H and O–H groups in total. The second-order valence-corrected chi connectivity index (χ2v) is 6.92. The fourth-order valence-corrected chi connectivity index (χ4v) is 3.82. The van der Waals surface area contributed by atoms with Crippen molar-refractivity contribution < 1.29 is 14.6 Å². The molecule has 0 radical (unpaired) electrons. The Morgan fingerprint density at radius 2 is 2.05 bits per heavy atom. The molecule has 3 rings (SSSR count). The number of hydrogen-bond donors (Lipinski definition) is 1. The molecule has 1 aromatic carbocycles. The molecule has 1 aliphatic heterocycles. The summed E-state index contributed by atoms with van der Waals surface area (Å²) < 4.78 is 6.90. The van der Waals surface area contributed by atoms with Crippen molar-refractivity contribution in [2.45, 2.75) is 43.6 Å². The van der Waals surface area contributed by atoms with Crippen LogP contribution in [0.4, 0.5) is 0 Å². The van der Waals surface area contributed by atoms with Crippen LogP contribution in [0, 0.1) is 5.92 Å². The van der Waals surface area contributed by atoms with Gasteiger partial charge in [-0.2, -0.15) is 0 Å². The molecule has 1 saturated heterocycles. The van der Waals surface area contributed by atoms with Gasteiger partial charge in [0.2, 0.25) is 0 Å². The van der Waals surface area contributed by atoms with Gasteiger partial charge in [0.15, 0.2) is 0 Å². The van der Waals surface area contributed by atoms with Crippen molar-refractivity contribution in [3.63, 3.8) is 0 Å². The third-order valence-corrected chi connectivity index (χ3v) is 5.29. The van der Waals surface area contributed by atoms with Gasteiger partial charge < -0.3 is 9.84 Å². The van der Waals surface area contributed by atoms with Gasteiger partial charge >= 0.3 is 5.97 Å². The van der Waals surface area contributed by atoms with Crippen LogP contribution in [0.1, 0.15) is 43.6 Å². The first-order chi connectivity index (χ1) is 9.60. The average molecular weight is 339 g/mol. The molecule has 1 saturated carbocycles. The molecule has 3 nitrogen and oxygen atoms in total. The Hall–Kier alpha value is -0.870. The highest BCUT2D eigenvalue weighted by molar-refractivity contribution is 9.10. The van der Waals surface area contributed by atoms with Crippen LogP contribution in [0.15, 0.2) is 28.7 Å². The van der Waals surface area contributed by atoms with E-state index < -0.39 is 11.9 Å². The Balaban J connectivity index is 1.83. The molecular weight excluding hydrogens is 320 g/mol. The quantitative estimate of drug-likeness (QED) is 0.906. The molecule has 2 atom stereocenters. The predicted molar refractivity (Wildman–Crippen MR) is 79.8 cm³/mol. The second kappa shape index (κ2) is 5.49. The molecule has 2 unspecified atom stereocenters. The summed E-state index contributed by atoms with van der Waals surface area (Å²) in [6, 6.07) is 7.69. The number of carboxylic acid groups (broad SMARTS) is 1. The first kappa shape index (κ1) is 14.1. The number of benzene rings is 1. The highest BCUT2D eigenvalue weighted by Gasteiger charge is 2.45. The van der Waals surface area contributed by atoms with Gasteiger partial charge in [-0.15, -0.1) is 0 Å². The van der Waals surface area contributed by atoms with Crippen molar-refractivity contribution in [1.82, 2.24) is 0 Å². The third-order valence-electron chi connectivity index (χ3n) is 4.76. The molecule has 108 valence electrons. The number of aliphatic carboxylic acids is 1. The van der Waals surface area contributed by atoms with E-state index in [0.29, 0.717) is 6.61 Å². The van der Waals surface area contributed by atoms with Crippen molar-refractivity contribution in [1.29, 1.82) is 0 Å². The minimum atomic E-state index is -0.714. The second-order valence-electron chi connectivity index (χ2n) is 6.01. The lowest BCUT2D eigenvalue weighted by Crippen LogP contribution is -2.47. The lowest BCUT2D eigenvalue weighted by Gasteiger charge is -2.48. The monoisotopic (exact) mass is 338 g/mol. The minimum absolute atomic E-state index is 0.00796. The van der Waals surface area contributed by atoms with Crippen molar-refractivity contribution in [3.05, 3.63) is 34.3 Å². The molecule has 0 aromatic heterocycles. The van der Waals surface area contributed by atoms with Crippen LogP contribution in [-0.4, -0.2) is 23.3 Å². The van der Waals surface area contributed by atoms with Crippen molar-refractivity contribution in [3.8, 4) is 0 Å². The summed E-state index contributed by atoms with van der Waals surface area (Å²) in [5.74, 6) is -0.944. The summed E-state index contributed by atoms with van der Waals surface area (Å²) in [6.07, 6.45) is 5.13. The van der Waals surface area contributed by atoms with Gasteiger partial charge in [0, 0.05) is 11.1 Å². The summed E-state index contributed by atoms with van der Waals surface area (Å²) in [5, 5.41) is 9.66. The Labute approximate surface area is 127 Å². The molecule has 2 fully saturated rings. The van der Waals surface area contributed by atoms with E-state index in [4.69, 9.17) is 4.74 Å². The minimum Gasteiger partial charge on any atom is -0.481 e. The van der Waals surface area contributed by atoms with Crippen LogP contribution in [0.2, 0.25) is 0 Å². The molecule has 0 amide bonds. The Kier molecular flexibility index (Phi) is 3.87. The first-order valence-electron chi connectivity index (χ1n) is 7.22. The zero-order chi connectivity index (χ0) is 14.2. The van der Waals surface area contributed by atoms with E-state index in [-0.39, 0.29) is 11.5 Å². The summed E-state index contributed by atoms with van der Waals surface area (Å²) in [5.41, 5.74) is 0.897. The zero-order valence-electron chi connectivity index (χ0n) is 11.3. The van der Waals surface area contributed by atoms with Crippen molar-refractivity contribution >= 4 is 21.9 Å². The van der Waals surface area contributed by atoms with Crippen LogP contribution in [0.5, 0.6) is 0 Å². The topological polar surface area (TPSA) is 46.5 Å². The van der Waals surface area contributed by atoms with E-state index in [1.54, 1.807) is 0 Å². The van der Waals surface area contributed by atoms with Gasteiger partial charge in [-0.3, -0.25) is 4.79 Å². The van der Waals surface area contributed by atoms with Crippen molar-refractivity contribution in [2.75, 3.05) is 6.61 Å². The van der Waals surface area contributed by atoms with Crippen molar-refractivity contribution in [2.24, 2.45) is 5.92 Å². The maximum atomic E-state index is 11.7. The summed E-state index contributed by atoms with van der Waals surface area (Å²) >= 11 is 3.40. The van der Waals surface area contributed by atoms with Crippen LogP contribution < -0.4 is 0 Å². The molecular formula is C16H19BrO3. The fourth-order valence-electron chi connectivity index (χ4n) is 3.56. The Morgan fingerprint density at radius 1 is 1.35 bits per heavy atom. The number of carboxylic acids is 1. The van der Waals surface area contributed by atoms with Gasteiger partial charge in [-0.25, -0.2) is 0 Å². The standard InChI is InChI=1S/C16H19BrO3/c17-13-4-2-11(3-5-13)14(15(18)19)12-6-9-20-16(10-12)7-1-8-16/h2-5,12,14H,1,6-10H2,(H,18,19). The Bertz CT molecular complexity index is 493. The SMILES string of the molecule is O=C(O)C(c1ccc(Br)cc1)C1CCOC2(CCC2)C1. The number of ether oxygens (including phenoxy) is 1. The van der Waals surface area contributed by atoms with E-state index >= 15 is 0 Å². The van der Waals surface area contributed by atoms with E-state index in [2.05, 4.69) is 15.9 Å². The van der Waals surface area contributed by atoms with E-state index in [9.17, 15) is 9.90 Å². The number of halogens is 1. The summed E-state index contributed by atoms with van der Waals surface area (Å²) in [7, 11) is 0.